The van der Waals surface area contributed by atoms with Gasteiger partial charge in [0, 0.05) is 18.7 Å². The molecule has 2 aromatic carbocycles. The predicted molar refractivity (Wildman–Crippen MR) is 123 cm³/mol. The number of halogens is 3. The van der Waals surface area contributed by atoms with Gasteiger partial charge in [-0.3, -0.25) is 19.7 Å². The molecule has 2 amide bonds. The highest BCUT2D eigenvalue weighted by Crippen LogP contribution is 2.21. The monoisotopic (exact) mass is 544 g/mol. The van der Waals surface area contributed by atoms with E-state index in [1.165, 1.54) is 36.4 Å². The molecule has 2 aromatic rings. The Labute approximate surface area is 214 Å². The number of aliphatic hydroxyl groups is 2. The Morgan fingerprint density at radius 2 is 1.53 bits per heavy atom. The van der Waals surface area contributed by atoms with Crippen LogP contribution in [-0.4, -0.2) is 64.8 Å². The summed E-state index contributed by atoms with van der Waals surface area (Å²) in [6.07, 6.45) is -4.85. The maximum absolute atomic E-state index is 12.8. The molecule has 0 saturated heterocycles. The lowest BCUT2D eigenvalue weighted by Gasteiger charge is -2.23. The summed E-state index contributed by atoms with van der Waals surface area (Å²) in [5.41, 5.74) is 4.18. The van der Waals surface area contributed by atoms with Crippen molar-refractivity contribution in [1.82, 2.24) is 10.6 Å². The smallest absolute Gasteiger partial charge is 0.430 e. The van der Waals surface area contributed by atoms with Crippen molar-refractivity contribution in [3.8, 4) is 0 Å². The summed E-state index contributed by atoms with van der Waals surface area (Å²) >= 11 is 0. The van der Waals surface area contributed by atoms with Crippen LogP contribution in [0, 0.1) is 10.1 Å². The number of carboxylic acid groups (broad SMARTS) is 1. The van der Waals surface area contributed by atoms with Crippen molar-refractivity contribution in [3.05, 3.63) is 75.3 Å². The highest BCUT2D eigenvalue weighted by atomic mass is 19.4. The normalized spacial score (nSPS) is 12.4. The highest BCUT2D eigenvalue weighted by Gasteiger charge is 2.29. The SMILES string of the molecule is O=C([O-])C(F)(F)F.[NH3+]CCCCNC(=O)c1ccccc1C(=O)N[C@H](CO)[C@H](O)c1ccc([N+](=O)[O-])cc1. The number of carbonyl (C=O) groups excluding carboxylic acids is 3. The van der Waals surface area contributed by atoms with Crippen LogP contribution in [0.5, 0.6) is 0 Å². The number of hydrogen-bond donors (Lipinski definition) is 5. The van der Waals surface area contributed by atoms with Gasteiger partial charge in [0.25, 0.3) is 17.5 Å². The number of carbonyl (C=O) groups is 3. The number of alkyl halides is 3. The number of aliphatic carboxylic acids is 1. The van der Waals surface area contributed by atoms with E-state index >= 15 is 0 Å². The van der Waals surface area contributed by atoms with Crippen LogP contribution in [0.1, 0.15) is 45.2 Å². The van der Waals surface area contributed by atoms with Crippen molar-refractivity contribution in [2.24, 2.45) is 0 Å². The van der Waals surface area contributed by atoms with Crippen LogP contribution in [-0.2, 0) is 4.79 Å². The quantitative estimate of drug-likeness (QED) is 0.141. The molecule has 0 aromatic heterocycles. The molecular formula is C23H27F3N4O8. The third-order valence-corrected chi connectivity index (χ3v) is 4.95. The zero-order chi connectivity index (χ0) is 28.9. The molecule has 7 N–H and O–H groups in total. The van der Waals surface area contributed by atoms with Crippen molar-refractivity contribution >= 4 is 23.5 Å². The van der Waals surface area contributed by atoms with E-state index in [4.69, 9.17) is 9.90 Å². The largest absolute Gasteiger partial charge is 0.542 e. The summed E-state index contributed by atoms with van der Waals surface area (Å²) in [7, 11) is 0. The van der Waals surface area contributed by atoms with Crippen molar-refractivity contribution < 1.29 is 53.5 Å². The van der Waals surface area contributed by atoms with Gasteiger partial charge in [-0.2, -0.15) is 13.2 Å². The second-order valence-electron chi connectivity index (χ2n) is 7.70. The molecule has 12 nitrogen and oxygen atoms in total. The number of benzene rings is 2. The Hall–Kier alpha value is -4.08. The Kier molecular flexibility index (Phi) is 12.8. The van der Waals surface area contributed by atoms with E-state index in [-0.39, 0.29) is 16.8 Å². The number of nitrogens with one attached hydrogen (secondary N) is 2. The minimum absolute atomic E-state index is 0.103. The van der Waals surface area contributed by atoms with Gasteiger partial charge in [-0.25, -0.2) is 0 Å². The van der Waals surface area contributed by atoms with Crippen molar-refractivity contribution in [3.63, 3.8) is 0 Å². The Bertz CT molecular complexity index is 1100. The van der Waals surface area contributed by atoms with E-state index in [0.717, 1.165) is 19.4 Å². The van der Waals surface area contributed by atoms with Gasteiger partial charge >= 0.3 is 6.18 Å². The van der Waals surface area contributed by atoms with Crippen molar-refractivity contribution in [2.75, 3.05) is 19.7 Å². The van der Waals surface area contributed by atoms with Crippen LogP contribution in [0.15, 0.2) is 48.5 Å². The number of aliphatic hydroxyl groups excluding tert-OH is 2. The van der Waals surface area contributed by atoms with Crippen LogP contribution in [0.2, 0.25) is 0 Å². The van der Waals surface area contributed by atoms with Crippen LogP contribution < -0.4 is 21.5 Å². The van der Waals surface area contributed by atoms with E-state index in [9.17, 15) is 43.1 Å². The molecular weight excluding hydrogens is 517 g/mol. The zero-order valence-electron chi connectivity index (χ0n) is 19.9. The van der Waals surface area contributed by atoms with E-state index in [1.807, 2.05) is 0 Å². The summed E-state index contributed by atoms with van der Waals surface area (Å²) < 4.78 is 31.5. The fourth-order valence-electron chi connectivity index (χ4n) is 2.97. The molecule has 0 bridgehead atoms. The predicted octanol–water partition coefficient (Wildman–Crippen LogP) is -0.530. The van der Waals surface area contributed by atoms with Crippen molar-refractivity contribution in [1.29, 1.82) is 0 Å². The average molecular weight is 544 g/mol. The molecule has 0 unspecified atom stereocenters. The first-order valence-corrected chi connectivity index (χ1v) is 11.1. The maximum atomic E-state index is 12.8. The molecule has 2 atom stereocenters. The lowest BCUT2D eigenvalue weighted by molar-refractivity contribution is -0.384. The number of nitro groups is 1. The average Bonchev–Trinajstić information content (AvgIpc) is 2.89. The van der Waals surface area contributed by atoms with E-state index in [0.29, 0.717) is 12.1 Å². The van der Waals surface area contributed by atoms with Gasteiger partial charge in [-0.1, -0.05) is 12.1 Å². The first kappa shape index (κ1) is 31.9. The van der Waals surface area contributed by atoms with Gasteiger partial charge in [0.15, 0.2) is 0 Å². The molecule has 0 aliphatic carbocycles. The lowest BCUT2D eigenvalue weighted by atomic mass is 10.0. The molecule has 0 fully saturated rings. The Balaban J connectivity index is 0.000000905. The fraction of sp³-hybridized carbons (Fsp3) is 0.348. The van der Waals surface area contributed by atoms with Crippen LogP contribution in [0.3, 0.4) is 0 Å². The summed E-state index contributed by atoms with van der Waals surface area (Å²) in [6, 6.07) is 10.3. The topological polar surface area (TPSA) is 210 Å². The molecule has 0 aliphatic rings. The first-order valence-electron chi connectivity index (χ1n) is 11.1. The number of hydrogen-bond acceptors (Lipinski definition) is 8. The molecule has 208 valence electrons. The summed E-state index contributed by atoms with van der Waals surface area (Å²) in [4.78, 5) is 44.2. The van der Waals surface area contributed by atoms with Gasteiger partial charge < -0.3 is 36.5 Å². The number of unbranched alkanes of at least 4 members (excludes halogenated alkanes) is 1. The number of non-ortho nitro benzene ring substituents is 1. The zero-order valence-corrected chi connectivity index (χ0v) is 19.9. The summed E-state index contributed by atoms with van der Waals surface area (Å²) in [5, 5.41) is 45.0. The number of quaternary nitrogens is 1. The fourth-order valence-corrected chi connectivity index (χ4v) is 2.97. The van der Waals surface area contributed by atoms with E-state index in [2.05, 4.69) is 16.4 Å². The van der Waals surface area contributed by atoms with Gasteiger partial charge in [0.1, 0.15) is 12.1 Å². The molecule has 0 aliphatic heterocycles. The number of carboxylic acids is 1. The van der Waals surface area contributed by atoms with Gasteiger partial charge in [-0.05, 0) is 42.7 Å². The van der Waals surface area contributed by atoms with Crippen molar-refractivity contribution in [2.45, 2.75) is 31.2 Å². The number of nitrogens with zero attached hydrogens (tertiary/aromatic N) is 1. The number of nitro benzene ring substituents is 1. The van der Waals surface area contributed by atoms with E-state index in [1.54, 1.807) is 12.1 Å². The molecule has 0 saturated carbocycles. The molecule has 15 heteroatoms. The third-order valence-electron chi connectivity index (χ3n) is 4.95. The van der Waals surface area contributed by atoms with Crippen LogP contribution in [0.25, 0.3) is 0 Å². The van der Waals surface area contributed by atoms with Crippen LogP contribution in [0.4, 0.5) is 18.9 Å². The number of amides is 2. The second-order valence-corrected chi connectivity index (χ2v) is 7.70. The summed E-state index contributed by atoms with van der Waals surface area (Å²) in [5.74, 6) is -4.04. The molecule has 2 rings (SSSR count). The molecule has 0 heterocycles. The summed E-state index contributed by atoms with van der Waals surface area (Å²) in [6.45, 7) is 0.653. The van der Waals surface area contributed by atoms with Gasteiger partial charge in [0.05, 0.1) is 35.2 Å². The number of rotatable bonds is 11. The molecule has 38 heavy (non-hydrogen) atoms. The third kappa shape index (κ3) is 10.1. The second kappa shape index (κ2) is 15.2. The van der Waals surface area contributed by atoms with E-state index < -0.39 is 47.6 Å². The molecule has 0 radical (unpaired) electrons. The minimum atomic E-state index is -5.19. The minimum Gasteiger partial charge on any atom is -0.542 e. The maximum Gasteiger partial charge on any atom is 0.430 e. The Morgan fingerprint density at radius 1 is 1.00 bits per heavy atom. The first-order chi connectivity index (χ1) is 17.8. The van der Waals surface area contributed by atoms with Crippen LogP contribution >= 0.6 is 0 Å². The standard InChI is InChI=1S/C21H26N4O6.C2HF3O2/c22-11-3-4-12-23-20(28)16-5-1-2-6-17(16)21(29)24-18(13-26)19(27)14-7-9-15(10-8-14)25(30)31;3-2(4,5)1(6)7/h1-2,5-10,18-19,26-27H,3-4,11-13,22H2,(H,23,28)(H,24,29);(H,6,7)/t18-,19-;/m1./s1. The van der Waals surface area contributed by atoms with Gasteiger partial charge in [0.2, 0.25) is 0 Å². The van der Waals surface area contributed by atoms with Gasteiger partial charge in [-0.15, -0.1) is 0 Å². The lowest BCUT2D eigenvalue weighted by Crippen LogP contribution is -2.50. The Morgan fingerprint density at radius 3 is 1.97 bits per heavy atom. The molecule has 0 spiro atoms. The highest BCUT2D eigenvalue weighted by molar-refractivity contribution is 6.07.